The van der Waals surface area contributed by atoms with Gasteiger partial charge in [-0.15, -0.1) is 0 Å². The van der Waals surface area contributed by atoms with Crippen molar-refractivity contribution in [3.05, 3.63) is 59.8 Å². The average Bonchev–Trinajstić information content (AvgIpc) is 3.08. The second-order valence-electron chi connectivity index (χ2n) is 6.00. The number of para-hydroxylation sites is 1. The lowest BCUT2D eigenvalue weighted by molar-refractivity contribution is 0.104. The first-order chi connectivity index (χ1) is 13.1. The number of hydrogen-bond donors (Lipinski definition) is 0. The SMILES string of the molecule is CCn1cc(C=CC(=O)c2cc(OC)c(OC)c(OC)c2)c2ccccc21. The molecular formula is C22H23NO4. The van der Waals surface area contributed by atoms with Crippen LogP contribution in [0.15, 0.2) is 48.7 Å². The molecule has 0 aliphatic heterocycles. The molecule has 0 radical (unpaired) electrons. The van der Waals surface area contributed by atoms with Gasteiger partial charge in [-0.05, 0) is 37.3 Å². The summed E-state index contributed by atoms with van der Waals surface area (Å²) in [6, 6.07) is 11.5. The first-order valence-electron chi connectivity index (χ1n) is 8.73. The van der Waals surface area contributed by atoms with Gasteiger partial charge in [0.1, 0.15) is 0 Å². The van der Waals surface area contributed by atoms with E-state index in [1.165, 1.54) is 21.3 Å². The van der Waals surface area contributed by atoms with Crippen molar-refractivity contribution >= 4 is 22.8 Å². The Hall–Kier alpha value is -3.21. The molecule has 0 N–H and O–H groups in total. The van der Waals surface area contributed by atoms with Crippen LogP contribution in [0.25, 0.3) is 17.0 Å². The van der Waals surface area contributed by atoms with Crippen LogP contribution in [-0.4, -0.2) is 31.7 Å². The molecule has 5 nitrogen and oxygen atoms in total. The van der Waals surface area contributed by atoms with Crippen LogP contribution in [0.4, 0.5) is 0 Å². The second-order valence-corrected chi connectivity index (χ2v) is 6.00. The highest BCUT2D eigenvalue weighted by molar-refractivity contribution is 6.08. The lowest BCUT2D eigenvalue weighted by Crippen LogP contribution is -2.00. The van der Waals surface area contributed by atoms with Gasteiger partial charge in [0.05, 0.1) is 21.3 Å². The van der Waals surface area contributed by atoms with Gasteiger partial charge in [-0.25, -0.2) is 0 Å². The summed E-state index contributed by atoms with van der Waals surface area (Å²) < 4.78 is 18.1. The van der Waals surface area contributed by atoms with Gasteiger partial charge in [0.15, 0.2) is 17.3 Å². The summed E-state index contributed by atoms with van der Waals surface area (Å²) in [5, 5.41) is 1.12. The fraction of sp³-hybridized carbons (Fsp3) is 0.227. The summed E-state index contributed by atoms with van der Waals surface area (Å²) in [5.74, 6) is 1.24. The predicted octanol–water partition coefficient (Wildman–Crippen LogP) is 4.58. The third-order valence-electron chi connectivity index (χ3n) is 4.52. The van der Waals surface area contributed by atoms with Gasteiger partial charge in [-0.3, -0.25) is 4.79 Å². The van der Waals surface area contributed by atoms with Crippen LogP contribution < -0.4 is 14.2 Å². The van der Waals surface area contributed by atoms with Crippen LogP contribution in [0.2, 0.25) is 0 Å². The highest BCUT2D eigenvalue weighted by Gasteiger charge is 2.16. The third kappa shape index (κ3) is 3.53. The van der Waals surface area contributed by atoms with E-state index in [4.69, 9.17) is 14.2 Å². The van der Waals surface area contributed by atoms with E-state index >= 15 is 0 Å². The van der Waals surface area contributed by atoms with Crippen molar-refractivity contribution in [2.45, 2.75) is 13.5 Å². The number of ketones is 1. The molecule has 5 heteroatoms. The average molecular weight is 365 g/mol. The minimum absolute atomic E-state index is 0.136. The molecule has 0 bridgehead atoms. The molecular weight excluding hydrogens is 342 g/mol. The Morgan fingerprint density at radius 3 is 2.30 bits per heavy atom. The smallest absolute Gasteiger partial charge is 0.203 e. The maximum atomic E-state index is 12.7. The Morgan fingerprint density at radius 1 is 1.04 bits per heavy atom. The monoisotopic (exact) mass is 365 g/mol. The highest BCUT2D eigenvalue weighted by atomic mass is 16.5. The van der Waals surface area contributed by atoms with Crippen LogP contribution in [0, 0.1) is 0 Å². The van der Waals surface area contributed by atoms with E-state index in [-0.39, 0.29) is 5.78 Å². The molecule has 0 spiro atoms. The van der Waals surface area contributed by atoms with Gasteiger partial charge >= 0.3 is 0 Å². The molecule has 1 aromatic heterocycles. The lowest BCUT2D eigenvalue weighted by atomic mass is 10.1. The van der Waals surface area contributed by atoms with Crippen molar-refractivity contribution < 1.29 is 19.0 Å². The molecule has 3 rings (SSSR count). The van der Waals surface area contributed by atoms with E-state index < -0.39 is 0 Å². The van der Waals surface area contributed by atoms with Crippen LogP contribution in [0.3, 0.4) is 0 Å². The fourth-order valence-electron chi connectivity index (χ4n) is 3.15. The maximum absolute atomic E-state index is 12.7. The predicted molar refractivity (Wildman–Crippen MR) is 107 cm³/mol. The molecule has 0 unspecified atom stereocenters. The van der Waals surface area contributed by atoms with E-state index in [2.05, 4.69) is 29.8 Å². The molecule has 0 saturated heterocycles. The molecule has 2 aromatic carbocycles. The summed E-state index contributed by atoms with van der Waals surface area (Å²) in [5.41, 5.74) is 2.63. The fourth-order valence-corrected chi connectivity index (χ4v) is 3.15. The molecule has 0 fully saturated rings. The van der Waals surface area contributed by atoms with Gasteiger partial charge in [0, 0.05) is 34.8 Å². The van der Waals surface area contributed by atoms with Gasteiger partial charge in [0.25, 0.3) is 0 Å². The number of aromatic nitrogens is 1. The quantitative estimate of drug-likeness (QED) is 0.454. The third-order valence-corrected chi connectivity index (χ3v) is 4.52. The molecule has 140 valence electrons. The minimum Gasteiger partial charge on any atom is -0.493 e. The van der Waals surface area contributed by atoms with Crippen LogP contribution in [0.1, 0.15) is 22.8 Å². The van der Waals surface area contributed by atoms with Gasteiger partial charge in [0.2, 0.25) is 5.75 Å². The Kier molecular flexibility index (Phi) is 5.50. The van der Waals surface area contributed by atoms with Crippen LogP contribution in [-0.2, 0) is 6.54 Å². The molecule has 3 aromatic rings. The largest absolute Gasteiger partial charge is 0.493 e. The Balaban J connectivity index is 1.96. The van der Waals surface area contributed by atoms with E-state index in [0.717, 1.165) is 23.0 Å². The van der Waals surface area contributed by atoms with Crippen molar-refractivity contribution in [1.29, 1.82) is 0 Å². The van der Waals surface area contributed by atoms with E-state index in [9.17, 15) is 4.79 Å². The van der Waals surface area contributed by atoms with Crippen LogP contribution >= 0.6 is 0 Å². The second kappa shape index (κ2) is 7.99. The number of allylic oxidation sites excluding steroid dienone is 1. The molecule has 0 aliphatic carbocycles. The van der Waals surface area contributed by atoms with Crippen molar-refractivity contribution in [1.82, 2.24) is 4.57 Å². The Labute approximate surface area is 158 Å². The number of rotatable bonds is 7. The van der Waals surface area contributed by atoms with Gasteiger partial charge < -0.3 is 18.8 Å². The Morgan fingerprint density at radius 2 is 1.70 bits per heavy atom. The van der Waals surface area contributed by atoms with Crippen molar-refractivity contribution in [3.8, 4) is 17.2 Å². The first-order valence-corrected chi connectivity index (χ1v) is 8.73. The minimum atomic E-state index is -0.136. The number of ether oxygens (including phenoxy) is 3. The van der Waals surface area contributed by atoms with Crippen LogP contribution in [0.5, 0.6) is 17.2 Å². The van der Waals surface area contributed by atoms with Crippen molar-refractivity contribution in [2.24, 2.45) is 0 Å². The highest BCUT2D eigenvalue weighted by Crippen LogP contribution is 2.38. The number of carbonyl (C=O) groups excluding carboxylic acids is 1. The molecule has 0 atom stereocenters. The topological polar surface area (TPSA) is 49.7 Å². The summed E-state index contributed by atoms with van der Waals surface area (Å²) in [6.45, 7) is 2.97. The summed E-state index contributed by atoms with van der Waals surface area (Å²) >= 11 is 0. The van der Waals surface area contributed by atoms with E-state index in [1.807, 2.05) is 18.2 Å². The Bertz CT molecular complexity index is 976. The lowest BCUT2D eigenvalue weighted by Gasteiger charge is -2.13. The molecule has 0 amide bonds. The zero-order valence-corrected chi connectivity index (χ0v) is 16.0. The molecule has 1 heterocycles. The van der Waals surface area contributed by atoms with Gasteiger partial charge in [-0.2, -0.15) is 0 Å². The number of fused-ring (bicyclic) bond motifs is 1. The molecule has 0 aliphatic rings. The number of hydrogen-bond acceptors (Lipinski definition) is 4. The zero-order chi connectivity index (χ0) is 19.4. The summed E-state index contributed by atoms with van der Waals surface area (Å²) in [6.07, 6.45) is 5.48. The summed E-state index contributed by atoms with van der Waals surface area (Å²) in [4.78, 5) is 12.7. The number of methoxy groups -OCH3 is 3. The standard InChI is InChI=1S/C22H23NO4/c1-5-23-14-15(17-8-6-7-9-18(17)23)10-11-19(24)16-12-20(25-2)22(27-4)21(13-16)26-3/h6-14H,5H2,1-4H3. The number of aryl methyl sites for hydroxylation is 1. The summed E-state index contributed by atoms with van der Waals surface area (Å²) in [7, 11) is 4.59. The molecule has 0 saturated carbocycles. The van der Waals surface area contributed by atoms with Crippen molar-refractivity contribution in [2.75, 3.05) is 21.3 Å². The van der Waals surface area contributed by atoms with Gasteiger partial charge in [-0.1, -0.05) is 18.2 Å². The van der Waals surface area contributed by atoms with E-state index in [1.54, 1.807) is 18.2 Å². The first kappa shape index (κ1) is 18.6. The maximum Gasteiger partial charge on any atom is 0.203 e. The van der Waals surface area contributed by atoms with Crippen molar-refractivity contribution in [3.63, 3.8) is 0 Å². The number of benzene rings is 2. The zero-order valence-electron chi connectivity index (χ0n) is 16.0. The normalized spacial score (nSPS) is 11.1. The number of nitrogens with zero attached hydrogens (tertiary/aromatic N) is 1. The van der Waals surface area contributed by atoms with E-state index in [0.29, 0.717) is 22.8 Å². The molecule has 27 heavy (non-hydrogen) atoms. The number of carbonyl (C=O) groups is 1.